The summed E-state index contributed by atoms with van der Waals surface area (Å²) in [7, 11) is 0. The third-order valence-corrected chi connectivity index (χ3v) is 1.01. The van der Waals surface area contributed by atoms with Crippen LogP contribution in [0.15, 0.2) is 16.5 Å². The molecule has 0 saturated carbocycles. The third kappa shape index (κ3) is 3.76. The van der Waals surface area contributed by atoms with Crippen molar-refractivity contribution < 1.29 is 61.9 Å². The van der Waals surface area contributed by atoms with Gasteiger partial charge in [-0.25, -0.2) is 0 Å². The number of carbonyl (C=O) groups excluding carboxylic acids is 2. The monoisotopic (exact) mass is 168 g/mol. The van der Waals surface area contributed by atoms with E-state index in [2.05, 4.69) is 4.42 Å². The fourth-order valence-corrected chi connectivity index (χ4v) is 0.557. The Kier molecular flexibility index (Phi) is 6.84. The number of carboxylic acids is 2. The summed E-state index contributed by atoms with van der Waals surface area (Å²) < 4.78 is 4.28. The van der Waals surface area contributed by atoms with Gasteiger partial charge in [-0.15, -0.1) is 0 Å². The molecule has 58 valence electrons. The minimum absolute atomic E-state index is 0. The first-order valence-corrected chi connectivity index (χ1v) is 2.64. The van der Waals surface area contributed by atoms with Crippen LogP contribution in [0.4, 0.5) is 0 Å². The molecule has 1 rings (SSSR count). The minimum atomic E-state index is -1.56. The molecule has 0 bridgehead atoms. The van der Waals surface area contributed by atoms with Gasteiger partial charge in [0.05, 0.1) is 0 Å². The van der Waals surface area contributed by atoms with Crippen molar-refractivity contribution in [3.05, 3.63) is 23.7 Å². The van der Waals surface area contributed by atoms with E-state index in [-0.39, 0.29) is 37.7 Å². The Morgan fingerprint density at radius 1 is 1.00 bits per heavy atom. The molecule has 0 spiro atoms. The van der Waals surface area contributed by atoms with Crippen LogP contribution >= 0.6 is 0 Å². The maximum Gasteiger partial charge on any atom is 1.00 e. The predicted octanol–water partition coefficient (Wildman–Crippen LogP) is -7.99. The van der Waals surface area contributed by atoms with Crippen molar-refractivity contribution in [1.82, 2.24) is 0 Å². The summed E-state index contributed by atoms with van der Waals surface area (Å²) in [5.74, 6) is -4.16. The van der Waals surface area contributed by atoms with Crippen molar-refractivity contribution in [2.75, 3.05) is 0 Å². The van der Waals surface area contributed by atoms with Gasteiger partial charge in [-0.05, 0) is 12.1 Å². The van der Waals surface area contributed by atoms with E-state index in [9.17, 15) is 19.8 Å². The van der Waals surface area contributed by atoms with Crippen molar-refractivity contribution in [2.45, 2.75) is 0 Å². The zero-order chi connectivity index (χ0) is 8.43. The first-order chi connectivity index (χ1) is 5.11. The van der Waals surface area contributed by atoms with Crippen molar-refractivity contribution >= 4 is 11.9 Å². The Bertz CT molecular complexity index is 277. The molecule has 0 amide bonds. The summed E-state index contributed by atoms with van der Waals surface area (Å²) in [5, 5.41) is 20.0. The molecule has 1 aromatic heterocycles. The van der Waals surface area contributed by atoms with E-state index in [1.54, 1.807) is 0 Å². The Morgan fingerprint density at radius 2 is 1.31 bits per heavy atom. The molecule has 0 N–H and O–H groups in total. The fraction of sp³-hybridized carbons (Fsp3) is 0. The number of hydrogen-bond donors (Lipinski definition) is 0. The number of furan rings is 1. The predicted molar refractivity (Wildman–Crippen MR) is 27.4 cm³/mol. The van der Waals surface area contributed by atoms with E-state index < -0.39 is 23.5 Å². The SMILES string of the molecule is O=C([O-])c1ccc(C(=O)[O-])o1.[Li+].[Li+]. The van der Waals surface area contributed by atoms with Crippen LogP contribution in [-0.2, 0) is 0 Å². The summed E-state index contributed by atoms with van der Waals surface area (Å²) in [6.07, 6.45) is 0. The molecular weight excluding hydrogens is 166 g/mol. The van der Waals surface area contributed by atoms with Gasteiger partial charge in [-0.3, -0.25) is 0 Å². The van der Waals surface area contributed by atoms with Crippen molar-refractivity contribution in [2.24, 2.45) is 0 Å². The number of hydrogen-bond acceptors (Lipinski definition) is 5. The quantitative estimate of drug-likeness (QED) is 0.409. The number of rotatable bonds is 2. The fourth-order valence-electron chi connectivity index (χ4n) is 0.557. The standard InChI is InChI=1S/C6H4O5.2Li/c7-5(8)3-1-2-4(11-3)6(9)10;;/h1-2H,(H,7,8)(H,9,10);;/q;2*+1/p-2. The smallest absolute Gasteiger partial charge is 0.542 e. The largest absolute Gasteiger partial charge is 1.00 e. The Morgan fingerprint density at radius 3 is 1.46 bits per heavy atom. The summed E-state index contributed by atoms with van der Waals surface area (Å²) in [4.78, 5) is 20.0. The number of carboxylic acid groups (broad SMARTS) is 2. The van der Waals surface area contributed by atoms with E-state index in [0.29, 0.717) is 0 Å². The van der Waals surface area contributed by atoms with Crippen LogP contribution in [0.5, 0.6) is 0 Å². The Balaban J connectivity index is 0. The van der Waals surface area contributed by atoms with Crippen molar-refractivity contribution in [3.63, 3.8) is 0 Å². The maximum absolute atomic E-state index is 10.0. The molecule has 0 aliphatic heterocycles. The minimum Gasteiger partial charge on any atom is -0.542 e. The van der Waals surface area contributed by atoms with Crippen LogP contribution < -0.4 is 47.9 Å². The van der Waals surface area contributed by atoms with Gasteiger partial charge in [0, 0.05) is 0 Å². The molecule has 0 unspecified atom stereocenters. The third-order valence-electron chi connectivity index (χ3n) is 1.01. The molecule has 0 radical (unpaired) electrons. The number of aromatic carboxylic acids is 2. The zero-order valence-corrected chi connectivity index (χ0v) is 7.20. The molecule has 0 saturated heterocycles. The van der Waals surface area contributed by atoms with Crippen LogP contribution in [-0.4, -0.2) is 11.9 Å². The molecule has 0 aliphatic carbocycles. The van der Waals surface area contributed by atoms with E-state index in [4.69, 9.17) is 0 Å². The van der Waals surface area contributed by atoms with Gasteiger partial charge in [0.1, 0.15) is 23.5 Å². The van der Waals surface area contributed by atoms with Crippen molar-refractivity contribution in [1.29, 1.82) is 0 Å². The van der Waals surface area contributed by atoms with Gasteiger partial charge in [-0.2, -0.15) is 0 Å². The molecule has 13 heavy (non-hydrogen) atoms. The molecule has 0 aromatic carbocycles. The molecule has 5 nitrogen and oxygen atoms in total. The second kappa shape index (κ2) is 5.96. The van der Waals surface area contributed by atoms with E-state index in [1.165, 1.54) is 0 Å². The van der Waals surface area contributed by atoms with E-state index >= 15 is 0 Å². The average molecular weight is 168 g/mol. The van der Waals surface area contributed by atoms with E-state index in [0.717, 1.165) is 12.1 Å². The molecule has 1 aromatic rings. The topological polar surface area (TPSA) is 93.4 Å². The second-order valence-corrected chi connectivity index (χ2v) is 1.74. The molecule has 7 heteroatoms. The van der Waals surface area contributed by atoms with Crippen LogP contribution in [0.2, 0.25) is 0 Å². The van der Waals surface area contributed by atoms with Gasteiger partial charge in [0.2, 0.25) is 0 Å². The maximum atomic E-state index is 10.0. The van der Waals surface area contributed by atoms with Gasteiger partial charge >= 0.3 is 37.7 Å². The number of carbonyl (C=O) groups is 2. The van der Waals surface area contributed by atoms with Gasteiger partial charge in [0.15, 0.2) is 0 Å². The Hall–Kier alpha value is -0.585. The van der Waals surface area contributed by atoms with Gasteiger partial charge in [0.25, 0.3) is 0 Å². The van der Waals surface area contributed by atoms with Crippen LogP contribution in [0.25, 0.3) is 0 Å². The van der Waals surface area contributed by atoms with Crippen LogP contribution in [0.1, 0.15) is 21.1 Å². The molecular formula is C6H2Li2O5. The second-order valence-electron chi connectivity index (χ2n) is 1.74. The van der Waals surface area contributed by atoms with Gasteiger partial charge in [-0.1, -0.05) is 0 Å². The Labute approximate surface area is 97.5 Å². The summed E-state index contributed by atoms with van der Waals surface area (Å²) >= 11 is 0. The molecule has 0 atom stereocenters. The molecule has 0 fully saturated rings. The van der Waals surface area contributed by atoms with Crippen LogP contribution in [0.3, 0.4) is 0 Å². The molecule has 1 heterocycles. The van der Waals surface area contributed by atoms with Crippen molar-refractivity contribution in [3.8, 4) is 0 Å². The first-order valence-electron chi connectivity index (χ1n) is 2.64. The summed E-state index contributed by atoms with van der Waals surface area (Å²) in [5.41, 5.74) is 0. The van der Waals surface area contributed by atoms with E-state index in [1.807, 2.05) is 0 Å². The van der Waals surface area contributed by atoms with Crippen LogP contribution in [0, 0.1) is 0 Å². The first kappa shape index (κ1) is 14.9. The average Bonchev–Trinajstić information content (AvgIpc) is 2.33. The normalized spacial score (nSPS) is 8.00. The summed E-state index contributed by atoms with van der Waals surface area (Å²) in [6.45, 7) is 0. The summed E-state index contributed by atoms with van der Waals surface area (Å²) in [6, 6.07) is 1.97. The van der Waals surface area contributed by atoms with Gasteiger partial charge < -0.3 is 24.2 Å². The zero-order valence-electron chi connectivity index (χ0n) is 7.20. The molecule has 0 aliphatic rings.